The summed E-state index contributed by atoms with van der Waals surface area (Å²) in [5.74, 6) is -1.36. The number of hydrogen-bond acceptors (Lipinski definition) is 2. The molecule has 0 radical (unpaired) electrons. The van der Waals surface area contributed by atoms with Crippen LogP contribution in [0.2, 0.25) is 10.0 Å². The first kappa shape index (κ1) is 15.8. The third-order valence-corrected chi connectivity index (χ3v) is 3.41. The minimum atomic E-state index is -0.948. The van der Waals surface area contributed by atoms with Crippen LogP contribution in [0, 0.1) is 0 Å². The van der Waals surface area contributed by atoms with Crippen LogP contribution in [0.1, 0.15) is 36.5 Å². The molecule has 0 aliphatic heterocycles. The molecule has 1 rings (SSSR count). The Morgan fingerprint density at radius 3 is 2.63 bits per heavy atom. The van der Waals surface area contributed by atoms with Gasteiger partial charge < -0.3 is 10.4 Å². The second-order valence-electron chi connectivity index (χ2n) is 4.16. The van der Waals surface area contributed by atoms with Crippen molar-refractivity contribution < 1.29 is 14.7 Å². The van der Waals surface area contributed by atoms with Crippen LogP contribution in [0.5, 0.6) is 0 Å². The highest BCUT2D eigenvalue weighted by Gasteiger charge is 2.18. The van der Waals surface area contributed by atoms with Crippen LogP contribution >= 0.6 is 23.2 Å². The first-order valence-electron chi connectivity index (χ1n) is 5.92. The molecule has 0 fully saturated rings. The fraction of sp³-hybridized carbons (Fsp3) is 0.385. The average molecular weight is 304 g/mol. The fourth-order valence-corrected chi connectivity index (χ4v) is 2.11. The van der Waals surface area contributed by atoms with Crippen molar-refractivity contribution in [1.82, 2.24) is 5.32 Å². The largest absolute Gasteiger partial charge is 0.481 e. The van der Waals surface area contributed by atoms with Crippen LogP contribution in [0.25, 0.3) is 0 Å². The van der Waals surface area contributed by atoms with Gasteiger partial charge in [-0.1, -0.05) is 42.6 Å². The van der Waals surface area contributed by atoms with Crippen molar-refractivity contribution in [3.05, 3.63) is 33.8 Å². The lowest BCUT2D eigenvalue weighted by molar-refractivity contribution is -0.137. The topological polar surface area (TPSA) is 66.4 Å². The van der Waals surface area contributed by atoms with Crippen molar-refractivity contribution in [2.24, 2.45) is 0 Å². The summed E-state index contributed by atoms with van der Waals surface area (Å²) in [6, 6.07) is 4.34. The first-order chi connectivity index (χ1) is 8.95. The van der Waals surface area contributed by atoms with Gasteiger partial charge in [-0.05, 0) is 18.6 Å². The predicted molar refractivity (Wildman–Crippen MR) is 74.9 cm³/mol. The van der Waals surface area contributed by atoms with Crippen LogP contribution in [-0.2, 0) is 4.79 Å². The summed E-state index contributed by atoms with van der Waals surface area (Å²) in [6.45, 7) is 1.92. The summed E-state index contributed by atoms with van der Waals surface area (Å²) in [4.78, 5) is 22.8. The van der Waals surface area contributed by atoms with Crippen LogP contribution in [-0.4, -0.2) is 23.0 Å². The van der Waals surface area contributed by atoms with E-state index in [0.717, 1.165) is 6.42 Å². The van der Waals surface area contributed by atoms with Gasteiger partial charge in [0.2, 0.25) is 0 Å². The lowest BCUT2D eigenvalue weighted by atomic mass is 10.1. The Morgan fingerprint density at radius 2 is 2.05 bits per heavy atom. The molecule has 1 atom stereocenters. The molecular weight excluding hydrogens is 289 g/mol. The molecule has 1 aromatic rings. The summed E-state index contributed by atoms with van der Waals surface area (Å²) in [7, 11) is 0. The molecule has 19 heavy (non-hydrogen) atoms. The number of halogens is 2. The number of carbonyl (C=O) groups excluding carboxylic acids is 1. The van der Waals surface area contributed by atoms with Gasteiger partial charge in [-0.15, -0.1) is 0 Å². The second-order valence-corrected chi connectivity index (χ2v) is 4.94. The maximum absolute atomic E-state index is 12.0. The van der Waals surface area contributed by atoms with E-state index in [2.05, 4.69) is 5.32 Å². The molecule has 1 amide bonds. The molecule has 0 bridgehead atoms. The van der Waals surface area contributed by atoms with Crippen molar-refractivity contribution in [2.75, 3.05) is 0 Å². The van der Waals surface area contributed by atoms with E-state index >= 15 is 0 Å². The maximum Gasteiger partial charge on any atom is 0.305 e. The molecular formula is C13H15Cl2NO3. The van der Waals surface area contributed by atoms with Crippen LogP contribution in [0.15, 0.2) is 18.2 Å². The second kappa shape index (κ2) is 7.36. The summed E-state index contributed by atoms with van der Waals surface area (Å²) < 4.78 is 0. The Labute approximate surface area is 121 Å². The number of amides is 1. The number of rotatable bonds is 6. The van der Waals surface area contributed by atoms with Gasteiger partial charge in [0.25, 0.3) is 5.91 Å². The maximum atomic E-state index is 12.0. The van der Waals surface area contributed by atoms with E-state index in [1.165, 1.54) is 0 Å². The van der Waals surface area contributed by atoms with Crippen molar-refractivity contribution >= 4 is 35.1 Å². The molecule has 1 aromatic carbocycles. The Balaban J connectivity index is 2.81. The van der Waals surface area contributed by atoms with Gasteiger partial charge in [0.1, 0.15) is 0 Å². The van der Waals surface area contributed by atoms with Crippen molar-refractivity contribution in [3.8, 4) is 0 Å². The van der Waals surface area contributed by atoms with Gasteiger partial charge >= 0.3 is 5.97 Å². The minimum absolute atomic E-state index is 0.113. The Bertz CT molecular complexity index is 477. The average Bonchev–Trinajstić information content (AvgIpc) is 2.32. The standard InChI is InChI=1S/C13H15Cl2NO3/c1-2-4-8(7-11(17)18)16-13(19)9-5-3-6-10(14)12(9)15/h3,5-6,8H,2,4,7H2,1H3,(H,16,19)(H,17,18). The zero-order valence-electron chi connectivity index (χ0n) is 10.5. The third kappa shape index (κ3) is 4.73. The number of carboxylic acid groups (broad SMARTS) is 1. The summed E-state index contributed by atoms with van der Waals surface area (Å²) in [6.07, 6.45) is 1.26. The van der Waals surface area contributed by atoms with Crippen molar-refractivity contribution in [1.29, 1.82) is 0 Å². The monoisotopic (exact) mass is 303 g/mol. The summed E-state index contributed by atoms with van der Waals surface area (Å²) >= 11 is 11.8. The highest BCUT2D eigenvalue weighted by molar-refractivity contribution is 6.43. The molecule has 6 heteroatoms. The highest BCUT2D eigenvalue weighted by Crippen LogP contribution is 2.25. The van der Waals surface area contributed by atoms with E-state index in [1.807, 2.05) is 6.92 Å². The molecule has 104 valence electrons. The van der Waals surface area contributed by atoms with Gasteiger partial charge in [0.15, 0.2) is 0 Å². The number of carbonyl (C=O) groups is 2. The lowest BCUT2D eigenvalue weighted by Gasteiger charge is -2.16. The first-order valence-corrected chi connectivity index (χ1v) is 6.68. The summed E-state index contributed by atoms with van der Waals surface area (Å²) in [5, 5.41) is 11.9. The van der Waals surface area contributed by atoms with Crippen LogP contribution in [0.4, 0.5) is 0 Å². The van der Waals surface area contributed by atoms with E-state index in [0.29, 0.717) is 11.4 Å². The molecule has 0 spiro atoms. The molecule has 1 unspecified atom stereocenters. The van der Waals surface area contributed by atoms with Crippen molar-refractivity contribution in [2.45, 2.75) is 32.2 Å². The van der Waals surface area contributed by atoms with Gasteiger partial charge in [0, 0.05) is 6.04 Å². The molecule has 0 aromatic heterocycles. The molecule has 0 aliphatic carbocycles. The van der Waals surface area contributed by atoms with Gasteiger partial charge in [0.05, 0.1) is 22.0 Å². The molecule has 0 saturated carbocycles. The zero-order valence-corrected chi connectivity index (χ0v) is 12.0. The van der Waals surface area contributed by atoms with Crippen molar-refractivity contribution in [3.63, 3.8) is 0 Å². The molecule has 0 heterocycles. The predicted octanol–water partition coefficient (Wildman–Crippen LogP) is 3.37. The number of carboxylic acids is 1. The molecule has 0 aliphatic rings. The normalized spacial score (nSPS) is 11.9. The third-order valence-electron chi connectivity index (χ3n) is 2.59. The van der Waals surface area contributed by atoms with Gasteiger partial charge in [-0.25, -0.2) is 0 Å². The zero-order chi connectivity index (χ0) is 14.4. The number of aliphatic carboxylic acids is 1. The van der Waals surface area contributed by atoms with Gasteiger partial charge in [-0.3, -0.25) is 9.59 Å². The fourth-order valence-electron chi connectivity index (χ4n) is 1.73. The Kier molecular flexibility index (Phi) is 6.12. The highest BCUT2D eigenvalue weighted by atomic mass is 35.5. The SMILES string of the molecule is CCCC(CC(=O)O)NC(=O)c1cccc(Cl)c1Cl. The Morgan fingerprint density at radius 1 is 1.37 bits per heavy atom. The molecule has 2 N–H and O–H groups in total. The lowest BCUT2D eigenvalue weighted by Crippen LogP contribution is -2.36. The molecule has 0 saturated heterocycles. The van der Waals surface area contributed by atoms with E-state index < -0.39 is 17.9 Å². The van der Waals surface area contributed by atoms with E-state index in [1.54, 1.807) is 18.2 Å². The quantitative estimate of drug-likeness (QED) is 0.847. The smallest absolute Gasteiger partial charge is 0.305 e. The van der Waals surface area contributed by atoms with E-state index in [4.69, 9.17) is 28.3 Å². The number of nitrogens with one attached hydrogen (secondary N) is 1. The number of hydrogen-bond donors (Lipinski definition) is 2. The molecule has 4 nitrogen and oxygen atoms in total. The van der Waals surface area contributed by atoms with Crippen LogP contribution < -0.4 is 5.32 Å². The Hall–Kier alpha value is -1.26. The van der Waals surface area contributed by atoms with E-state index in [-0.39, 0.29) is 17.0 Å². The van der Waals surface area contributed by atoms with Gasteiger partial charge in [-0.2, -0.15) is 0 Å². The van der Waals surface area contributed by atoms with Crippen LogP contribution in [0.3, 0.4) is 0 Å². The minimum Gasteiger partial charge on any atom is -0.481 e. The number of benzene rings is 1. The summed E-state index contributed by atoms with van der Waals surface area (Å²) in [5.41, 5.74) is 0.251. The van der Waals surface area contributed by atoms with E-state index in [9.17, 15) is 9.59 Å².